The predicted octanol–water partition coefficient (Wildman–Crippen LogP) is 3.65. The Morgan fingerprint density at radius 1 is 1.13 bits per heavy atom. The number of rotatable bonds is 7. The van der Waals surface area contributed by atoms with Crippen molar-refractivity contribution in [3.05, 3.63) is 54.0 Å². The highest BCUT2D eigenvalue weighted by molar-refractivity contribution is 5.78. The molecule has 1 atom stereocenters. The van der Waals surface area contributed by atoms with Crippen LogP contribution in [0.3, 0.4) is 0 Å². The van der Waals surface area contributed by atoms with Crippen molar-refractivity contribution in [3.63, 3.8) is 0 Å². The van der Waals surface area contributed by atoms with Gasteiger partial charge in [0.25, 0.3) is 0 Å². The van der Waals surface area contributed by atoms with E-state index in [0.29, 0.717) is 29.7 Å². The van der Waals surface area contributed by atoms with E-state index in [4.69, 9.17) is 4.74 Å². The zero-order valence-corrected chi connectivity index (χ0v) is 22.5. The number of anilines is 2. The number of halogens is 1. The zero-order chi connectivity index (χ0) is 26.9. The van der Waals surface area contributed by atoms with Crippen molar-refractivity contribution in [2.45, 2.75) is 45.8 Å². The molecular formula is C27H34FN9O. The molecule has 0 saturated carbocycles. The predicted molar refractivity (Wildman–Crippen MR) is 145 cm³/mol. The quantitative estimate of drug-likeness (QED) is 0.378. The number of pyridine rings is 2. The largest absolute Gasteiger partial charge is 0.383 e. The summed E-state index contributed by atoms with van der Waals surface area (Å²) in [7, 11) is 1.73. The van der Waals surface area contributed by atoms with Gasteiger partial charge in [0.1, 0.15) is 17.3 Å². The third kappa shape index (κ3) is 5.64. The molecule has 1 aliphatic heterocycles. The summed E-state index contributed by atoms with van der Waals surface area (Å²) in [5.41, 5.74) is 3.07. The first-order valence-corrected chi connectivity index (χ1v) is 12.8. The van der Waals surface area contributed by atoms with Crippen LogP contribution in [0.15, 0.2) is 36.8 Å². The van der Waals surface area contributed by atoms with Gasteiger partial charge < -0.3 is 19.9 Å². The lowest BCUT2D eigenvalue weighted by Gasteiger charge is -2.33. The van der Waals surface area contributed by atoms with E-state index in [9.17, 15) is 4.39 Å². The number of hydrogen-bond acceptors (Lipinski definition) is 9. The minimum Gasteiger partial charge on any atom is -0.383 e. The summed E-state index contributed by atoms with van der Waals surface area (Å²) in [4.78, 5) is 24.5. The molecule has 1 unspecified atom stereocenters. The fourth-order valence-corrected chi connectivity index (χ4v) is 5.00. The van der Waals surface area contributed by atoms with Crippen LogP contribution in [0, 0.1) is 12.7 Å². The molecular weight excluding hydrogens is 485 g/mol. The first kappa shape index (κ1) is 26.1. The van der Waals surface area contributed by atoms with E-state index in [1.165, 1.54) is 0 Å². The van der Waals surface area contributed by atoms with Gasteiger partial charge in [-0.25, -0.2) is 29.3 Å². The van der Waals surface area contributed by atoms with Crippen LogP contribution in [0.2, 0.25) is 0 Å². The van der Waals surface area contributed by atoms with Crippen LogP contribution in [-0.4, -0.2) is 73.8 Å². The molecule has 4 aromatic rings. The standard InChI is InChI=1S/C27H34FN9O/c1-17-33-25-22(37(17)27(2,3)4)10-19(12-31-25)24-21(28)13-32-26(35-24)34-23-7-6-18(11-30-23)14-36-9-8-29-20(15-36)16-38-5/h6-7,10-13,20,29H,8-9,14-16H2,1-5H3,(H,30,32,34,35). The molecule has 10 nitrogen and oxygen atoms in total. The first-order valence-electron chi connectivity index (χ1n) is 12.8. The van der Waals surface area contributed by atoms with Crippen LogP contribution in [-0.2, 0) is 16.8 Å². The molecule has 0 amide bonds. The SMILES string of the molecule is COCC1CN(Cc2ccc(Nc3ncc(F)c(-c4cnc5nc(C)n(C(C)(C)C)c5c4)n3)nc2)CCN1. The number of aryl methyl sites for hydroxylation is 1. The maximum Gasteiger partial charge on any atom is 0.229 e. The van der Waals surface area contributed by atoms with Gasteiger partial charge in [-0.1, -0.05) is 6.07 Å². The monoisotopic (exact) mass is 519 g/mol. The van der Waals surface area contributed by atoms with Gasteiger partial charge in [-0.05, 0) is 45.4 Å². The number of aromatic nitrogens is 6. The molecule has 0 spiro atoms. The van der Waals surface area contributed by atoms with Gasteiger partial charge in [0, 0.05) is 62.8 Å². The van der Waals surface area contributed by atoms with Gasteiger partial charge in [0.2, 0.25) is 5.95 Å². The molecule has 0 bridgehead atoms. The second-order valence-electron chi connectivity index (χ2n) is 10.6. The van der Waals surface area contributed by atoms with Crippen LogP contribution < -0.4 is 10.6 Å². The number of imidazole rings is 1. The van der Waals surface area contributed by atoms with Crippen LogP contribution in [0.5, 0.6) is 0 Å². The lowest BCUT2D eigenvalue weighted by molar-refractivity contribution is 0.112. The Labute approximate surface area is 221 Å². The van der Waals surface area contributed by atoms with E-state index < -0.39 is 5.82 Å². The van der Waals surface area contributed by atoms with Gasteiger partial charge in [-0.3, -0.25) is 4.90 Å². The Morgan fingerprint density at radius 2 is 1.97 bits per heavy atom. The van der Waals surface area contributed by atoms with E-state index in [0.717, 1.165) is 49.3 Å². The van der Waals surface area contributed by atoms with Gasteiger partial charge in [0.15, 0.2) is 11.5 Å². The molecule has 1 saturated heterocycles. The lowest BCUT2D eigenvalue weighted by atomic mass is 10.1. The number of ether oxygens (including phenoxy) is 1. The molecule has 4 aromatic heterocycles. The van der Waals surface area contributed by atoms with Crippen molar-refractivity contribution in [2.24, 2.45) is 0 Å². The normalized spacial score (nSPS) is 16.7. The summed E-state index contributed by atoms with van der Waals surface area (Å²) >= 11 is 0. The molecule has 0 aromatic carbocycles. The smallest absolute Gasteiger partial charge is 0.229 e. The number of nitrogens with zero attached hydrogens (tertiary/aromatic N) is 7. The Balaban J connectivity index is 1.33. The molecule has 11 heteroatoms. The van der Waals surface area contributed by atoms with Gasteiger partial charge >= 0.3 is 0 Å². The average molecular weight is 520 g/mol. The number of hydrogen-bond donors (Lipinski definition) is 2. The van der Waals surface area contributed by atoms with E-state index in [1.807, 2.05) is 31.3 Å². The Morgan fingerprint density at radius 3 is 2.71 bits per heavy atom. The summed E-state index contributed by atoms with van der Waals surface area (Å²) in [6, 6.07) is 6.13. The second-order valence-corrected chi connectivity index (χ2v) is 10.6. The van der Waals surface area contributed by atoms with Gasteiger partial charge in [-0.2, -0.15) is 0 Å². The molecule has 38 heavy (non-hydrogen) atoms. The third-order valence-corrected chi connectivity index (χ3v) is 6.55. The number of fused-ring (bicyclic) bond motifs is 1. The highest BCUT2D eigenvalue weighted by Gasteiger charge is 2.22. The Kier molecular flexibility index (Phi) is 7.33. The zero-order valence-electron chi connectivity index (χ0n) is 22.5. The van der Waals surface area contributed by atoms with Crippen LogP contribution in [0.4, 0.5) is 16.2 Å². The second kappa shape index (κ2) is 10.7. The molecule has 2 N–H and O–H groups in total. The summed E-state index contributed by atoms with van der Waals surface area (Å²) in [5, 5.41) is 6.57. The maximum absolute atomic E-state index is 14.8. The molecule has 1 aliphatic rings. The lowest BCUT2D eigenvalue weighted by Crippen LogP contribution is -2.52. The minimum absolute atomic E-state index is 0.164. The van der Waals surface area contributed by atoms with Crippen LogP contribution in [0.25, 0.3) is 22.4 Å². The van der Waals surface area contributed by atoms with Crippen LogP contribution >= 0.6 is 0 Å². The van der Waals surface area contributed by atoms with Crippen molar-refractivity contribution >= 4 is 22.9 Å². The molecule has 200 valence electrons. The van der Waals surface area contributed by atoms with Gasteiger partial charge in [0.05, 0.1) is 18.3 Å². The average Bonchev–Trinajstić information content (AvgIpc) is 3.22. The molecule has 0 radical (unpaired) electrons. The summed E-state index contributed by atoms with van der Waals surface area (Å²) in [6.45, 7) is 12.6. The van der Waals surface area contributed by atoms with Crippen molar-refractivity contribution < 1.29 is 9.13 Å². The van der Waals surface area contributed by atoms with Crippen molar-refractivity contribution in [1.29, 1.82) is 0 Å². The van der Waals surface area contributed by atoms with E-state index >= 15 is 0 Å². The molecule has 5 heterocycles. The van der Waals surface area contributed by atoms with Crippen LogP contribution in [0.1, 0.15) is 32.2 Å². The van der Waals surface area contributed by atoms with Gasteiger partial charge in [-0.15, -0.1) is 0 Å². The van der Waals surface area contributed by atoms with E-state index in [-0.39, 0.29) is 17.2 Å². The van der Waals surface area contributed by atoms with Crippen molar-refractivity contribution in [1.82, 2.24) is 39.7 Å². The minimum atomic E-state index is -0.527. The summed E-state index contributed by atoms with van der Waals surface area (Å²) < 4.78 is 22.2. The topological polar surface area (TPSA) is 106 Å². The number of nitrogens with one attached hydrogen (secondary N) is 2. The van der Waals surface area contributed by atoms with Crippen molar-refractivity contribution in [2.75, 3.05) is 38.7 Å². The number of methoxy groups -OCH3 is 1. The van der Waals surface area contributed by atoms with Crippen molar-refractivity contribution in [3.8, 4) is 11.3 Å². The third-order valence-electron chi connectivity index (χ3n) is 6.55. The highest BCUT2D eigenvalue weighted by Crippen LogP contribution is 2.29. The van der Waals surface area contributed by atoms with E-state index in [1.54, 1.807) is 13.3 Å². The highest BCUT2D eigenvalue weighted by atomic mass is 19.1. The fourth-order valence-electron chi connectivity index (χ4n) is 5.00. The maximum atomic E-state index is 14.8. The summed E-state index contributed by atoms with van der Waals surface area (Å²) in [6.07, 6.45) is 4.60. The first-order chi connectivity index (χ1) is 18.2. The molecule has 1 fully saturated rings. The fraction of sp³-hybridized carbons (Fsp3) is 0.444. The molecule has 0 aliphatic carbocycles. The Bertz CT molecular complexity index is 1410. The Hall–Kier alpha value is -3.54. The van der Waals surface area contributed by atoms with E-state index in [2.05, 4.69) is 65.8 Å². The molecule has 5 rings (SSSR count). The summed E-state index contributed by atoms with van der Waals surface area (Å²) in [5.74, 6) is 1.16. The number of piperazine rings is 1.